The molecule has 26 heavy (non-hydrogen) atoms. The number of sulfonamides is 1. The highest BCUT2D eigenvalue weighted by Crippen LogP contribution is 2.39. The molecule has 3 rings (SSSR count). The van der Waals surface area contributed by atoms with Crippen molar-refractivity contribution in [3.8, 4) is 5.75 Å². The molecule has 6 nitrogen and oxygen atoms in total. The van der Waals surface area contributed by atoms with E-state index in [4.69, 9.17) is 4.74 Å². The maximum Gasteiger partial charge on any atom is 0.241 e. The smallest absolute Gasteiger partial charge is 0.241 e. The van der Waals surface area contributed by atoms with Crippen molar-refractivity contribution in [2.24, 2.45) is 0 Å². The van der Waals surface area contributed by atoms with Crippen molar-refractivity contribution >= 4 is 21.6 Å². The Hall–Kier alpha value is -2.38. The van der Waals surface area contributed by atoms with Crippen LogP contribution < -0.4 is 14.8 Å². The summed E-state index contributed by atoms with van der Waals surface area (Å²) in [6.07, 6.45) is 0.521. The van der Waals surface area contributed by atoms with Crippen LogP contribution in [0.4, 0.5) is 5.69 Å². The molecular formula is C19H22N2O4S. The van der Waals surface area contributed by atoms with Gasteiger partial charge in [-0.3, -0.25) is 4.79 Å². The van der Waals surface area contributed by atoms with Crippen molar-refractivity contribution in [3.63, 3.8) is 0 Å². The van der Waals surface area contributed by atoms with E-state index in [9.17, 15) is 13.2 Å². The van der Waals surface area contributed by atoms with Gasteiger partial charge in [0.1, 0.15) is 11.4 Å². The first-order valence-electron chi connectivity index (χ1n) is 8.34. The zero-order chi connectivity index (χ0) is 18.9. The highest BCUT2D eigenvalue weighted by Gasteiger charge is 2.35. The zero-order valence-corrected chi connectivity index (χ0v) is 15.8. The van der Waals surface area contributed by atoms with E-state index >= 15 is 0 Å². The third-order valence-electron chi connectivity index (χ3n) is 4.16. The summed E-state index contributed by atoms with van der Waals surface area (Å²) >= 11 is 0. The Morgan fingerprint density at radius 3 is 2.42 bits per heavy atom. The van der Waals surface area contributed by atoms with Crippen LogP contribution in [-0.2, 0) is 14.8 Å². The van der Waals surface area contributed by atoms with Crippen LogP contribution >= 0.6 is 0 Å². The number of benzene rings is 2. The molecule has 138 valence electrons. The van der Waals surface area contributed by atoms with Gasteiger partial charge in [-0.1, -0.05) is 18.2 Å². The highest BCUT2D eigenvalue weighted by atomic mass is 32.2. The molecule has 0 aromatic heterocycles. The molecule has 2 aromatic rings. The van der Waals surface area contributed by atoms with Gasteiger partial charge in [-0.25, -0.2) is 13.1 Å². The fourth-order valence-electron chi connectivity index (χ4n) is 3.08. The van der Waals surface area contributed by atoms with Crippen LogP contribution in [0.5, 0.6) is 5.75 Å². The molecule has 0 unspecified atom stereocenters. The summed E-state index contributed by atoms with van der Waals surface area (Å²) in [5, 5.41) is 2.62. The van der Waals surface area contributed by atoms with Crippen molar-refractivity contribution in [1.82, 2.24) is 4.72 Å². The second-order valence-electron chi connectivity index (χ2n) is 6.98. The van der Waals surface area contributed by atoms with Gasteiger partial charge in [0.15, 0.2) is 0 Å². The molecule has 1 atom stereocenters. The van der Waals surface area contributed by atoms with Gasteiger partial charge >= 0.3 is 0 Å². The maximum absolute atomic E-state index is 12.8. The quantitative estimate of drug-likeness (QED) is 0.860. The van der Waals surface area contributed by atoms with E-state index in [1.165, 1.54) is 19.1 Å². The molecule has 7 heteroatoms. The molecule has 2 aromatic carbocycles. The lowest BCUT2D eigenvalue weighted by Gasteiger charge is -2.37. The van der Waals surface area contributed by atoms with Gasteiger partial charge in [0.2, 0.25) is 15.9 Å². The van der Waals surface area contributed by atoms with E-state index in [1.54, 1.807) is 12.1 Å². The van der Waals surface area contributed by atoms with Crippen molar-refractivity contribution in [1.29, 1.82) is 0 Å². The summed E-state index contributed by atoms with van der Waals surface area (Å²) < 4.78 is 34.4. The number of rotatable bonds is 4. The highest BCUT2D eigenvalue weighted by molar-refractivity contribution is 7.89. The second-order valence-corrected chi connectivity index (χ2v) is 8.70. The molecule has 1 aliphatic heterocycles. The van der Waals surface area contributed by atoms with E-state index in [1.807, 2.05) is 38.1 Å². The van der Waals surface area contributed by atoms with Crippen molar-refractivity contribution in [2.75, 3.05) is 5.32 Å². The topological polar surface area (TPSA) is 84.5 Å². The molecular weight excluding hydrogens is 352 g/mol. The van der Waals surface area contributed by atoms with Crippen LogP contribution in [0.3, 0.4) is 0 Å². The average molecular weight is 374 g/mol. The van der Waals surface area contributed by atoms with Gasteiger partial charge in [-0.05, 0) is 44.2 Å². The number of nitrogens with one attached hydrogen (secondary N) is 2. The Bertz CT molecular complexity index is 921. The zero-order valence-electron chi connectivity index (χ0n) is 14.9. The van der Waals surface area contributed by atoms with E-state index < -0.39 is 15.6 Å². The number of carbonyl (C=O) groups excluding carboxylic acids is 1. The summed E-state index contributed by atoms with van der Waals surface area (Å²) in [4.78, 5) is 11.2. The number of carbonyl (C=O) groups is 1. The van der Waals surface area contributed by atoms with Gasteiger partial charge in [0.05, 0.1) is 10.9 Å². The Labute approximate surface area is 153 Å². The Morgan fingerprint density at radius 2 is 1.77 bits per heavy atom. The molecule has 0 bridgehead atoms. The first kappa shape index (κ1) is 18.4. The van der Waals surface area contributed by atoms with Gasteiger partial charge < -0.3 is 10.1 Å². The van der Waals surface area contributed by atoms with Gasteiger partial charge in [0.25, 0.3) is 0 Å². The number of fused-ring (bicyclic) bond motifs is 1. The fourth-order valence-corrected chi connectivity index (χ4v) is 4.30. The molecule has 1 amide bonds. The van der Waals surface area contributed by atoms with Gasteiger partial charge in [-0.15, -0.1) is 0 Å². The summed E-state index contributed by atoms with van der Waals surface area (Å²) in [5.41, 5.74) is 0.899. The third-order valence-corrected chi connectivity index (χ3v) is 5.65. The van der Waals surface area contributed by atoms with Crippen LogP contribution in [-0.4, -0.2) is 19.9 Å². The molecule has 0 saturated carbocycles. The molecule has 0 aliphatic carbocycles. The number of ether oxygens (including phenoxy) is 1. The normalized spacial score (nSPS) is 18.5. The molecule has 0 fully saturated rings. The number of para-hydroxylation sites is 1. The number of hydrogen-bond donors (Lipinski definition) is 2. The molecule has 0 saturated heterocycles. The standard InChI is InChI=1S/C19H22N2O4S/c1-13(22)20-14-8-10-15(11-9-14)26(23,24)21-17-12-19(2,3)25-18-7-5-4-6-16(17)18/h4-11,17,21H,12H2,1-3H3,(H,20,22)/t17-/m0/s1. The maximum atomic E-state index is 12.8. The van der Waals surface area contributed by atoms with E-state index in [-0.39, 0.29) is 16.8 Å². The lowest BCUT2D eigenvalue weighted by atomic mass is 9.90. The monoisotopic (exact) mass is 374 g/mol. The number of anilines is 1. The van der Waals surface area contributed by atoms with Crippen molar-refractivity contribution in [2.45, 2.75) is 43.7 Å². The van der Waals surface area contributed by atoms with E-state index in [0.717, 1.165) is 5.56 Å². The first-order chi connectivity index (χ1) is 12.2. The predicted octanol–water partition coefficient (Wildman–Crippen LogP) is 3.23. The van der Waals surface area contributed by atoms with Crippen LogP contribution in [0.2, 0.25) is 0 Å². The van der Waals surface area contributed by atoms with E-state index in [0.29, 0.717) is 17.9 Å². The van der Waals surface area contributed by atoms with Crippen molar-refractivity contribution < 1.29 is 17.9 Å². The van der Waals surface area contributed by atoms with Crippen molar-refractivity contribution in [3.05, 3.63) is 54.1 Å². The summed E-state index contributed by atoms with van der Waals surface area (Å²) in [6.45, 7) is 5.27. The van der Waals surface area contributed by atoms with Crippen LogP contribution in [0.1, 0.15) is 38.8 Å². The third kappa shape index (κ3) is 4.05. The molecule has 2 N–H and O–H groups in total. The Balaban J connectivity index is 1.86. The number of amides is 1. The number of hydrogen-bond acceptors (Lipinski definition) is 4. The lowest BCUT2D eigenvalue weighted by molar-refractivity contribution is -0.114. The van der Waals surface area contributed by atoms with E-state index in [2.05, 4.69) is 10.0 Å². The summed E-state index contributed by atoms with van der Waals surface area (Å²) in [5.74, 6) is 0.484. The first-order valence-corrected chi connectivity index (χ1v) is 9.82. The minimum Gasteiger partial charge on any atom is -0.487 e. The summed E-state index contributed by atoms with van der Waals surface area (Å²) in [6, 6.07) is 13.2. The summed E-state index contributed by atoms with van der Waals surface area (Å²) in [7, 11) is -3.72. The van der Waals surface area contributed by atoms with Crippen LogP contribution in [0.15, 0.2) is 53.4 Å². The minimum atomic E-state index is -3.72. The van der Waals surface area contributed by atoms with Crippen LogP contribution in [0.25, 0.3) is 0 Å². The fraction of sp³-hybridized carbons (Fsp3) is 0.316. The second kappa shape index (κ2) is 6.74. The van der Waals surface area contributed by atoms with Crippen LogP contribution in [0, 0.1) is 0 Å². The Morgan fingerprint density at radius 1 is 1.12 bits per heavy atom. The lowest BCUT2D eigenvalue weighted by Crippen LogP contribution is -2.41. The molecule has 0 radical (unpaired) electrons. The predicted molar refractivity (Wildman–Crippen MR) is 99.6 cm³/mol. The average Bonchev–Trinajstić information content (AvgIpc) is 2.53. The molecule has 1 aliphatic rings. The molecule has 0 spiro atoms. The van der Waals surface area contributed by atoms with Gasteiger partial charge in [0, 0.05) is 24.6 Å². The minimum absolute atomic E-state index is 0.147. The van der Waals surface area contributed by atoms with Gasteiger partial charge in [-0.2, -0.15) is 0 Å². The SMILES string of the molecule is CC(=O)Nc1ccc(S(=O)(=O)N[C@H]2CC(C)(C)Oc3ccccc32)cc1. The Kier molecular flexibility index (Phi) is 4.77. The largest absolute Gasteiger partial charge is 0.487 e. The molecule has 1 heterocycles.